The molecule has 104 valence electrons. The largest absolute Gasteiger partial charge is 0.407 e. The Morgan fingerprint density at radius 1 is 1.11 bits per heavy atom. The van der Waals surface area contributed by atoms with Crippen LogP contribution in [-0.4, -0.2) is 27.3 Å². The number of nitrogens with one attached hydrogen (secondary N) is 1. The summed E-state index contributed by atoms with van der Waals surface area (Å²) in [7, 11) is 0. The zero-order valence-corrected chi connectivity index (χ0v) is 10.4. The lowest BCUT2D eigenvalue weighted by atomic mass is 10.1. The average Bonchev–Trinajstić information content (AvgIpc) is 2.54. The van der Waals surface area contributed by atoms with Crippen molar-refractivity contribution in [1.29, 1.82) is 0 Å². The molecule has 0 saturated carbocycles. The highest BCUT2D eigenvalue weighted by atomic mass is 79.9. The van der Waals surface area contributed by atoms with Crippen molar-refractivity contribution in [1.82, 2.24) is 15.0 Å². The van der Waals surface area contributed by atoms with Crippen molar-refractivity contribution >= 4 is 27.1 Å². The van der Waals surface area contributed by atoms with Crippen LogP contribution < -0.4 is 0 Å². The lowest BCUT2D eigenvalue weighted by molar-refractivity contribution is -0.255. The van der Waals surface area contributed by atoms with Gasteiger partial charge in [0.2, 0.25) is 5.92 Å². The third-order valence-corrected chi connectivity index (χ3v) is 2.68. The third-order valence-electron chi connectivity index (χ3n) is 2.25. The van der Waals surface area contributed by atoms with Crippen LogP contribution in [0.5, 0.6) is 0 Å². The zero-order chi connectivity index (χ0) is 14.4. The first-order valence-corrected chi connectivity index (χ1v) is 5.53. The van der Waals surface area contributed by atoms with Gasteiger partial charge in [0.15, 0.2) is 5.65 Å². The van der Waals surface area contributed by atoms with E-state index in [4.69, 9.17) is 0 Å². The molecule has 0 fully saturated rings. The molecule has 0 radical (unpaired) electrons. The first-order chi connectivity index (χ1) is 8.59. The van der Waals surface area contributed by atoms with Crippen molar-refractivity contribution in [2.75, 3.05) is 0 Å². The van der Waals surface area contributed by atoms with Gasteiger partial charge in [0, 0.05) is 10.7 Å². The van der Waals surface area contributed by atoms with Gasteiger partial charge < -0.3 is 4.98 Å². The molecule has 1 N–H and O–H groups in total. The number of alkyl halides is 6. The van der Waals surface area contributed by atoms with Crippen molar-refractivity contribution in [3.05, 3.63) is 22.6 Å². The van der Waals surface area contributed by atoms with Crippen molar-refractivity contribution in [2.24, 2.45) is 0 Å². The molecule has 2 aromatic rings. The molecule has 3 nitrogen and oxygen atoms in total. The van der Waals surface area contributed by atoms with E-state index in [1.165, 1.54) is 12.3 Å². The molecule has 0 aliphatic carbocycles. The van der Waals surface area contributed by atoms with Gasteiger partial charge in [-0.05, 0) is 22.0 Å². The molecule has 0 aliphatic rings. The summed E-state index contributed by atoms with van der Waals surface area (Å²) in [6.45, 7) is 0. The maximum atomic E-state index is 12.5. The van der Waals surface area contributed by atoms with E-state index in [0.717, 1.165) is 0 Å². The Balaban J connectivity index is 2.57. The Morgan fingerprint density at radius 3 is 2.21 bits per heavy atom. The number of pyridine rings is 1. The number of hydrogen-bond acceptors (Lipinski definition) is 2. The van der Waals surface area contributed by atoms with E-state index >= 15 is 0 Å². The van der Waals surface area contributed by atoms with E-state index in [9.17, 15) is 26.3 Å². The van der Waals surface area contributed by atoms with Gasteiger partial charge in [0.05, 0.1) is 5.52 Å². The molecule has 2 rings (SSSR count). The summed E-state index contributed by atoms with van der Waals surface area (Å²) in [5.74, 6) is -4.88. The molecule has 0 aromatic carbocycles. The fourth-order valence-corrected chi connectivity index (χ4v) is 1.86. The van der Waals surface area contributed by atoms with Crippen molar-refractivity contribution in [3.8, 4) is 0 Å². The van der Waals surface area contributed by atoms with Crippen LogP contribution in [0.1, 0.15) is 11.7 Å². The SMILES string of the molecule is FC(F)(F)C(c1nc2ncc(Br)cc2[nH]1)C(F)(F)F. The van der Waals surface area contributed by atoms with Gasteiger partial charge in [-0.15, -0.1) is 0 Å². The smallest absolute Gasteiger partial charge is 0.340 e. The van der Waals surface area contributed by atoms with E-state index in [2.05, 4.69) is 25.9 Å². The molecule has 2 aromatic heterocycles. The van der Waals surface area contributed by atoms with Crippen molar-refractivity contribution in [2.45, 2.75) is 18.3 Å². The summed E-state index contributed by atoms with van der Waals surface area (Å²) >= 11 is 3.00. The second kappa shape index (κ2) is 4.36. The van der Waals surface area contributed by atoms with Gasteiger partial charge in [-0.25, -0.2) is 9.97 Å². The van der Waals surface area contributed by atoms with E-state index in [-0.39, 0.29) is 11.2 Å². The second-order valence-corrected chi connectivity index (χ2v) is 4.58. The average molecular weight is 348 g/mol. The minimum Gasteiger partial charge on any atom is -0.340 e. The molecule has 19 heavy (non-hydrogen) atoms. The first-order valence-electron chi connectivity index (χ1n) is 4.73. The Labute approximate surface area is 110 Å². The van der Waals surface area contributed by atoms with Crippen LogP contribution in [-0.2, 0) is 0 Å². The maximum absolute atomic E-state index is 12.5. The summed E-state index contributed by atoms with van der Waals surface area (Å²) in [5, 5.41) is 0. The Kier molecular flexibility index (Phi) is 3.23. The summed E-state index contributed by atoms with van der Waals surface area (Å²) in [5.41, 5.74) is -0.223. The van der Waals surface area contributed by atoms with Crippen molar-refractivity contribution in [3.63, 3.8) is 0 Å². The van der Waals surface area contributed by atoms with Crippen LogP contribution in [0.2, 0.25) is 0 Å². The van der Waals surface area contributed by atoms with Gasteiger partial charge in [-0.1, -0.05) is 0 Å². The highest BCUT2D eigenvalue weighted by molar-refractivity contribution is 9.10. The predicted octanol–water partition coefficient (Wildman–Crippen LogP) is 3.93. The number of imidazole rings is 1. The molecule has 0 amide bonds. The van der Waals surface area contributed by atoms with Crippen LogP contribution in [0, 0.1) is 0 Å². The van der Waals surface area contributed by atoms with Gasteiger partial charge in [-0.3, -0.25) is 0 Å². The van der Waals surface area contributed by atoms with E-state index in [0.29, 0.717) is 4.47 Å². The monoisotopic (exact) mass is 347 g/mol. The molecular weight excluding hydrogens is 344 g/mol. The highest BCUT2D eigenvalue weighted by Gasteiger charge is 2.59. The van der Waals surface area contributed by atoms with Gasteiger partial charge in [0.25, 0.3) is 0 Å². The quantitative estimate of drug-likeness (QED) is 0.794. The van der Waals surface area contributed by atoms with Crippen LogP contribution >= 0.6 is 15.9 Å². The summed E-state index contributed by atoms with van der Waals surface area (Å²) in [6.07, 6.45) is -9.74. The molecule has 0 spiro atoms. The summed E-state index contributed by atoms with van der Waals surface area (Å²) in [6, 6.07) is 1.29. The number of nitrogens with zero attached hydrogens (tertiary/aromatic N) is 2. The van der Waals surface area contributed by atoms with Crippen LogP contribution in [0.4, 0.5) is 26.3 Å². The van der Waals surface area contributed by atoms with E-state index < -0.39 is 24.1 Å². The Morgan fingerprint density at radius 2 is 1.68 bits per heavy atom. The van der Waals surface area contributed by atoms with Crippen molar-refractivity contribution < 1.29 is 26.3 Å². The lowest BCUT2D eigenvalue weighted by Crippen LogP contribution is -2.34. The van der Waals surface area contributed by atoms with Gasteiger partial charge >= 0.3 is 12.4 Å². The number of fused-ring (bicyclic) bond motifs is 1. The molecule has 10 heteroatoms. The molecule has 0 unspecified atom stereocenters. The van der Waals surface area contributed by atoms with E-state index in [1.54, 1.807) is 0 Å². The number of H-pyrrole nitrogens is 1. The van der Waals surface area contributed by atoms with Crippen LogP contribution in [0.3, 0.4) is 0 Å². The fraction of sp³-hybridized carbons (Fsp3) is 0.333. The molecule has 0 atom stereocenters. The lowest BCUT2D eigenvalue weighted by Gasteiger charge is -2.20. The summed E-state index contributed by atoms with van der Waals surface area (Å²) < 4.78 is 75.4. The van der Waals surface area contributed by atoms with E-state index in [1.807, 2.05) is 4.98 Å². The van der Waals surface area contributed by atoms with Crippen LogP contribution in [0.15, 0.2) is 16.7 Å². The minimum absolute atomic E-state index is 0.0112. The van der Waals surface area contributed by atoms with Crippen LogP contribution in [0.25, 0.3) is 11.2 Å². The summed E-state index contributed by atoms with van der Waals surface area (Å²) in [4.78, 5) is 8.89. The maximum Gasteiger partial charge on any atom is 0.407 e. The normalized spacial score (nSPS) is 13.5. The van der Waals surface area contributed by atoms with Gasteiger partial charge in [0.1, 0.15) is 5.82 Å². The molecule has 0 bridgehead atoms. The Hall–Kier alpha value is -1.32. The second-order valence-electron chi connectivity index (χ2n) is 3.66. The molecule has 2 heterocycles. The topological polar surface area (TPSA) is 41.6 Å². The zero-order valence-electron chi connectivity index (χ0n) is 8.77. The fourth-order valence-electron chi connectivity index (χ4n) is 1.53. The Bertz CT molecular complexity index is 588. The molecule has 0 saturated heterocycles. The van der Waals surface area contributed by atoms with Gasteiger partial charge in [-0.2, -0.15) is 26.3 Å². The standard InChI is InChI=1S/C9H4BrF6N3/c10-3-1-4-6(17-2-3)19-7(18-4)5(8(11,12)13)9(14,15)16/h1-2,5H,(H,17,18,19). The molecule has 0 aliphatic heterocycles. The third kappa shape index (κ3) is 2.82. The number of rotatable bonds is 1. The number of aromatic amines is 1. The minimum atomic E-state index is -5.48. The predicted molar refractivity (Wildman–Crippen MR) is 56.4 cm³/mol. The first kappa shape index (κ1) is 14.1. The molecular formula is C9H4BrF6N3. The number of aromatic nitrogens is 3. The highest BCUT2D eigenvalue weighted by Crippen LogP contribution is 2.45. The number of halogens is 7. The number of hydrogen-bond donors (Lipinski definition) is 1.